The van der Waals surface area contributed by atoms with E-state index in [1.165, 1.54) is 0 Å². The number of carbonyl (C=O) groups excluding carboxylic acids is 2. The molecule has 4 rings (SSSR count). The highest BCUT2D eigenvalue weighted by molar-refractivity contribution is 6.18. The lowest BCUT2D eigenvalue weighted by Crippen LogP contribution is -2.26. The molecule has 73 heavy (non-hydrogen) atoms. The molecule has 16 N–H and O–H groups in total. The van der Waals surface area contributed by atoms with Crippen molar-refractivity contribution in [3.63, 3.8) is 0 Å². The molecule has 0 aliphatic heterocycles. The zero-order chi connectivity index (χ0) is 49.5. The first-order valence-electron chi connectivity index (χ1n) is 23.2. The Kier molecular flexibility index (Phi) is 41.2. The van der Waals surface area contributed by atoms with Gasteiger partial charge >= 0.3 is 11.9 Å². The predicted octanol–water partition coefficient (Wildman–Crippen LogP) is 7.90. The Morgan fingerprint density at radius 3 is 1.18 bits per heavy atom. The van der Waals surface area contributed by atoms with Crippen molar-refractivity contribution in [1.29, 1.82) is 0 Å². The lowest BCUT2D eigenvalue weighted by atomic mass is 10.2. The summed E-state index contributed by atoms with van der Waals surface area (Å²) in [4.78, 5) is 44.7. The number of aromatic nitrogens is 4. The number of nitrogens with zero attached hydrogens (tertiary/aromatic N) is 10. The van der Waals surface area contributed by atoms with Crippen LogP contribution in [-0.2, 0) is 9.47 Å². The number of hydrogen-bond acceptors (Lipinski definition) is 20. The standard InChI is InChI=1S/2C23H35ClN8O2.2ClH.3H2O/c2*1-3-32(16-13-24)15-8-6-5-7-14-27-21-19(20(25)28-23(26)29-21)31-30-18-11-9-17(10-12-18)22(33)34-4-2;;;;;/h2*9-12H,3-8,13-16H2,1-2H3,(H5,25,26,27,28,29);2*1H;3*1H2. The first-order chi connectivity index (χ1) is 33.0. The van der Waals surface area contributed by atoms with E-state index in [4.69, 9.17) is 55.6 Å². The highest BCUT2D eigenvalue weighted by Crippen LogP contribution is 2.32. The summed E-state index contributed by atoms with van der Waals surface area (Å²) in [7, 11) is 0. The number of unbranched alkanes of at least 4 members (excludes halogenated alkanes) is 6. The maximum Gasteiger partial charge on any atom is 0.338 e. The van der Waals surface area contributed by atoms with E-state index >= 15 is 0 Å². The fourth-order valence-electron chi connectivity index (χ4n) is 6.53. The van der Waals surface area contributed by atoms with E-state index in [1.54, 1.807) is 62.4 Å². The topological polar surface area (TPSA) is 383 Å². The first-order valence-corrected chi connectivity index (χ1v) is 24.3. The molecule has 0 fully saturated rings. The van der Waals surface area contributed by atoms with Crippen molar-refractivity contribution in [3.05, 3.63) is 59.7 Å². The van der Waals surface area contributed by atoms with Crippen LogP contribution in [0.4, 0.5) is 57.9 Å². The van der Waals surface area contributed by atoms with Crippen molar-refractivity contribution >= 4 is 118 Å². The maximum absolute atomic E-state index is 11.8. The van der Waals surface area contributed by atoms with Crippen LogP contribution in [0.2, 0.25) is 0 Å². The number of alkyl halides is 2. The van der Waals surface area contributed by atoms with Crippen LogP contribution < -0.4 is 33.6 Å². The second-order valence-corrected chi connectivity index (χ2v) is 15.9. The average Bonchev–Trinajstić information content (AvgIpc) is 3.32. The number of nitrogen functional groups attached to an aromatic ring is 4. The van der Waals surface area contributed by atoms with Crippen molar-refractivity contribution in [2.24, 2.45) is 20.5 Å². The van der Waals surface area contributed by atoms with Gasteiger partial charge in [0.2, 0.25) is 11.9 Å². The van der Waals surface area contributed by atoms with E-state index in [-0.39, 0.29) is 76.7 Å². The first kappa shape index (κ1) is 71.8. The van der Waals surface area contributed by atoms with Gasteiger partial charge in [-0.25, -0.2) is 9.59 Å². The number of ether oxygens (including phenoxy) is 2. The minimum atomic E-state index is -0.383. The Morgan fingerprint density at radius 1 is 0.521 bits per heavy atom. The van der Waals surface area contributed by atoms with Gasteiger partial charge in [0.05, 0.1) is 35.7 Å². The molecule has 2 aromatic heterocycles. The summed E-state index contributed by atoms with van der Waals surface area (Å²) >= 11 is 11.7. The lowest BCUT2D eigenvalue weighted by Gasteiger charge is -2.18. The summed E-state index contributed by atoms with van der Waals surface area (Å²) in [5.41, 5.74) is 26.2. The summed E-state index contributed by atoms with van der Waals surface area (Å²) in [6.07, 6.45) is 8.69. The normalized spacial score (nSPS) is 10.5. The molecule has 0 spiro atoms. The van der Waals surface area contributed by atoms with Crippen LogP contribution in [-0.4, -0.2) is 135 Å². The number of rotatable bonds is 30. The van der Waals surface area contributed by atoms with Crippen LogP contribution in [0.5, 0.6) is 0 Å². The van der Waals surface area contributed by atoms with Crippen molar-refractivity contribution in [1.82, 2.24) is 29.7 Å². The predicted molar refractivity (Wildman–Crippen MR) is 300 cm³/mol. The quantitative estimate of drug-likeness (QED) is 0.0125. The summed E-state index contributed by atoms with van der Waals surface area (Å²) < 4.78 is 9.96. The van der Waals surface area contributed by atoms with Crippen molar-refractivity contribution < 1.29 is 35.5 Å². The van der Waals surface area contributed by atoms with Gasteiger partial charge in [0, 0.05) is 37.9 Å². The minimum absolute atomic E-state index is 0. The van der Waals surface area contributed by atoms with Crippen LogP contribution >= 0.6 is 48.0 Å². The van der Waals surface area contributed by atoms with Crippen LogP contribution in [0, 0.1) is 0 Å². The maximum atomic E-state index is 11.8. The minimum Gasteiger partial charge on any atom is -0.462 e. The zero-order valence-electron chi connectivity index (χ0n) is 42.2. The van der Waals surface area contributed by atoms with Crippen LogP contribution in [0.15, 0.2) is 69.0 Å². The lowest BCUT2D eigenvalue weighted by molar-refractivity contribution is 0.0517. The Balaban J connectivity index is -0.00000126. The van der Waals surface area contributed by atoms with Gasteiger partial charge in [-0.2, -0.15) is 30.2 Å². The molecule has 0 saturated carbocycles. The number of nitrogens with one attached hydrogen (secondary N) is 2. The molecule has 4 aromatic rings. The molecule has 0 unspecified atom stereocenters. The fraction of sp³-hybridized carbons (Fsp3) is 0.522. The Hall–Kier alpha value is -5.50. The van der Waals surface area contributed by atoms with Gasteiger partial charge in [-0.3, -0.25) is 0 Å². The van der Waals surface area contributed by atoms with Crippen LogP contribution in [0.1, 0.15) is 99.8 Å². The van der Waals surface area contributed by atoms with E-state index < -0.39 is 0 Å². The van der Waals surface area contributed by atoms with Gasteiger partial charge in [-0.05, 0) is 114 Å². The molecular formula is C46H78Cl4N16O7. The third kappa shape index (κ3) is 27.4. The number of azo groups is 2. The van der Waals surface area contributed by atoms with Gasteiger partial charge in [-0.15, -0.1) is 58.2 Å². The second kappa shape index (κ2) is 41.9. The summed E-state index contributed by atoms with van der Waals surface area (Å²) in [6.45, 7) is 15.9. The summed E-state index contributed by atoms with van der Waals surface area (Å²) in [5, 5.41) is 23.3. The molecule has 412 valence electrons. The van der Waals surface area contributed by atoms with E-state index in [2.05, 4.69) is 74.7 Å². The molecule has 2 heterocycles. The second-order valence-electron chi connectivity index (χ2n) is 15.2. The van der Waals surface area contributed by atoms with E-state index in [9.17, 15) is 9.59 Å². The Bertz CT molecular complexity index is 2020. The SMILES string of the molecule is CCOC(=O)c1ccc(N=Nc2c(N)nc(N)nc2NCCCCCCN(CC)CCCl)cc1.CCOC(=O)c1ccc(N=Nc2c(N)nc(N)nc2NCCCCCCN(CC)CCCl)cc1.Cl.Cl.O.O.O. The zero-order valence-corrected chi connectivity index (χ0v) is 45.4. The number of benzene rings is 2. The van der Waals surface area contributed by atoms with Crippen LogP contribution in [0.3, 0.4) is 0 Å². The van der Waals surface area contributed by atoms with Gasteiger partial charge in [0.25, 0.3) is 0 Å². The van der Waals surface area contributed by atoms with E-state index in [0.29, 0.717) is 83.6 Å². The monoisotopic (exact) mass is 1110 g/mol. The van der Waals surface area contributed by atoms with Crippen molar-refractivity contribution in [2.45, 2.75) is 79.1 Å². The summed E-state index contributed by atoms with van der Waals surface area (Å²) in [6, 6.07) is 13.2. The molecule has 0 amide bonds. The number of halogens is 4. The summed E-state index contributed by atoms with van der Waals surface area (Å²) in [5.74, 6) is 1.86. The molecule has 2 aromatic carbocycles. The molecule has 0 bridgehead atoms. The van der Waals surface area contributed by atoms with Gasteiger partial charge in [0.1, 0.15) is 0 Å². The number of nitrogens with two attached hydrogens (primary N) is 4. The highest BCUT2D eigenvalue weighted by atomic mass is 35.5. The number of esters is 2. The highest BCUT2D eigenvalue weighted by Gasteiger charge is 2.14. The molecule has 0 radical (unpaired) electrons. The molecule has 0 atom stereocenters. The number of anilines is 6. The van der Waals surface area contributed by atoms with E-state index in [0.717, 1.165) is 90.6 Å². The van der Waals surface area contributed by atoms with Gasteiger partial charge in [-0.1, -0.05) is 39.5 Å². The number of hydrogen-bond donors (Lipinski definition) is 6. The van der Waals surface area contributed by atoms with E-state index in [1.807, 2.05) is 0 Å². The molecule has 0 saturated heterocycles. The third-order valence-corrected chi connectivity index (χ3v) is 10.6. The molecule has 27 heteroatoms. The molecular weight excluding hydrogens is 1030 g/mol. The van der Waals surface area contributed by atoms with Crippen molar-refractivity contribution in [2.75, 3.05) is 111 Å². The van der Waals surface area contributed by atoms with Gasteiger partial charge < -0.3 is 69.3 Å². The third-order valence-electron chi connectivity index (χ3n) is 10.2. The Morgan fingerprint density at radius 2 is 0.863 bits per heavy atom. The van der Waals surface area contributed by atoms with Crippen molar-refractivity contribution in [3.8, 4) is 0 Å². The Labute approximate surface area is 451 Å². The smallest absolute Gasteiger partial charge is 0.338 e. The molecule has 23 nitrogen and oxygen atoms in total. The van der Waals surface area contributed by atoms with Crippen LogP contribution in [0.25, 0.3) is 0 Å². The fourth-order valence-corrected chi connectivity index (χ4v) is 7.01. The molecule has 0 aliphatic rings. The molecule has 0 aliphatic carbocycles. The average molecular weight is 1110 g/mol. The largest absolute Gasteiger partial charge is 0.462 e. The van der Waals surface area contributed by atoms with Gasteiger partial charge in [0.15, 0.2) is 34.6 Å². The number of carbonyl (C=O) groups is 2.